The van der Waals surface area contributed by atoms with Crippen LogP contribution in [0.4, 0.5) is 0 Å². The van der Waals surface area contributed by atoms with Gasteiger partial charge < -0.3 is 23.7 Å². The van der Waals surface area contributed by atoms with Gasteiger partial charge in [-0.3, -0.25) is 0 Å². The van der Waals surface area contributed by atoms with E-state index in [2.05, 4.69) is 93.3 Å². The number of aliphatic hydroxyl groups excluding tert-OH is 1. The van der Waals surface area contributed by atoms with Crippen LogP contribution in [0.1, 0.15) is 53.9 Å². The highest BCUT2D eigenvalue weighted by Crippen LogP contribution is 2.39. The Balaban J connectivity index is 1.91. The Morgan fingerprint density at radius 2 is 1.50 bits per heavy atom. The van der Waals surface area contributed by atoms with Crippen molar-refractivity contribution in [3.8, 4) is 11.8 Å². The summed E-state index contributed by atoms with van der Waals surface area (Å²) in [5.41, 5.74) is 0. The number of rotatable bonds is 10. The highest BCUT2D eigenvalue weighted by Gasteiger charge is 2.52. The third-order valence-electron chi connectivity index (χ3n) is 6.58. The second-order valence-electron chi connectivity index (χ2n) is 10.2. The lowest BCUT2D eigenvalue weighted by atomic mass is 10.0. The van der Waals surface area contributed by atoms with E-state index >= 15 is 0 Å². The molecule has 3 atom stereocenters. The molecule has 0 aromatic heterocycles. The van der Waals surface area contributed by atoms with Crippen molar-refractivity contribution in [1.82, 2.24) is 0 Å². The molecule has 1 heterocycles. The Labute approximate surface area is 218 Å². The Morgan fingerprint density at radius 3 is 2.00 bits per heavy atom. The largest absolute Gasteiger partial charge is 0.402 e. The van der Waals surface area contributed by atoms with E-state index in [4.69, 9.17) is 18.6 Å². The summed E-state index contributed by atoms with van der Waals surface area (Å²) in [7, 11) is -2.73. The Morgan fingerprint density at radius 1 is 0.944 bits per heavy atom. The van der Waals surface area contributed by atoms with Gasteiger partial charge in [0.15, 0.2) is 0 Å². The number of aliphatic hydroxyl groups is 1. The summed E-state index contributed by atoms with van der Waals surface area (Å²) in [6.45, 7) is 12.3. The van der Waals surface area contributed by atoms with Gasteiger partial charge in [0.1, 0.15) is 6.10 Å². The van der Waals surface area contributed by atoms with Crippen LogP contribution in [-0.2, 0) is 18.6 Å². The molecule has 1 aliphatic rings. The molecule has 1 unspecified atom stereocenters. The molecule has 6 heteroatoms. The molecular formula is C30H42O5Si. The molecule has 1 aliphatic heterocycles. The van der Waals surface area contributed by atoms with E-state index in [1.165, 1.54) is 10.4 Å². The average Bonchev–Trinajstić information content (AvgIpc) is 2.87. The van der Waals surface area contributed by atoms with Crippen molar-refractivity contribution < 1.29 is 23.7 Å². The second kappa shape index (κ2) is 13.5. The number of benzene rings is 2. The summed E-state index contributed by atoms with van der Waals surface area (Å²) >= 11 is 0. The van der Waals surface area contributed by atoms with Crippen molar-refractivity contribution >= 4 is 18.7 Å². The molecule has 0 saturated carbocycles. The average molecular weight is 511 g/mol. The third kappa shape index (κ3) is 7.07. The van der Waals surface area contributed by atoms with Gasteiger partial charge in [0.2, 0.25) is 6.29 Å². The van der Waals surface area contributed by atoms with Gasteiger partial charge in [-0.1, -0.05) is 87.4 Å². The molecule has 5 nitrogen and oxygen atoms in total. The minimum atomic E-state index is -2.73. The van der Waals surface area contributed by atoms with E-state index in [-0.39, 0.29) is 17.2 Å². The molecule has 0 amide bonds. The predicted octanol–water partition coefficient (Wildman–Crippen LogP) is 4.26. The fourth-order valence-corrected chi connectivity index (χ4v) is 9.70. The molecule has 2 aromatic carbocycles. The maximum atomic E-state index is 10.8. The molecular weight excluding hydrogens is 468 g/mol. The molecule has 0 spiro atoms. The van der Waals surface area contributed by atoms with Crippen molar-refractivity contribution in [2.75, 3.05) is 19.8 Å². The van der Waals surface area contributed by atoms with Crippen LogP contribution in [-0.4, -0.2) is 57.8 Å². The van der Waals surface area contributed by atoms with Gasteiger partial charge in [0, 0.05) is 26.2 Å². The molecule has 1 fully saturated rings. The first-order valence-electron chi connectivity index (χ1n) is 13.1. The van der Waals surface area contributed by atoms with Gasteiger partial charge in [-0.2, -0.15) is 0 Å². The zero-order valence-electron chi connectivity index (χ0n) is 22.4. The van der Waals surface area contributed by atoms with Gasteiger partial charge in [-0.25, -0.2) is 0 Å². The highest BCUT2D eigenvalue weighted by molar-refractivity contribution is 6.99. The van der Waals surface area contributed by atoms with Crippen LogP contribution in [0, 0.1) is 11.8 Å². The lowest BCUT2D eigenvalue weighted by Crippen LogP contribution is -2.68. The quantitative estimate of drug-likeness (QED) is 0.294. The van der Waals surface area contributed by atoms with Gasteiger partial charge in [0.25, 0.3) is 8.32 Å². The zero-order chi connectivity index (χ0) is 26.0. The van der Waals surface area contributed by atoms with E-state index in [1.54, 1.807) is 0 Å². The Hall–Kier alpha value is -1.98. The van der Waals surface area contributed by atoms with E-state index in [9.17, 15) is 5.11 Å². The summed E-state index contributed by atoms with van der Waals surface area (Å²) in [6.07, 6.45) is 0.306. The minimum absolute atomic E-state index is 0.127. The van der Waals surface area contributed by atoms with Crippen LogP contribution >= 0.6 is 0 Å². The van der Waals surface area contributed by atoms with Crippen molar-refractivity contribution in [2.24, 2.45) is 0 Å². The fourth-order valence-electron chi connectivity index (χ4n) is 4.96. The second-order valence-corrected chi connectivity index (χ2v) is 14.4. The van der Waals surface area contributed by atoms with Crippen LogP contribution in [0.3, 0.4) is 0 Å². The standard InChI is InChI=1S/C30H42O5Si/c1-6-32-29(33-7-2)21-20-24(31)23-28-27(19-14-22-34-28)35-36(30(3,4)5,25-15-10-8-11-16-25)26-17-12-9-13-18-26/h8-13,15-18,24,27-29,31H,6-7,14,19,22-23H2,1-5H3/t24?,27-,28+/m0/s1. The van der Waals surface area contributed by atoms with Gasteiger partial charge in [-0.15, -0.1) is 0 Å². The van der Waals surface area contributed by atoms with Crippen molar-refractivity contribution in [3.05, 3.63) is 60.7 Å². The number of hydrogen-bond donors (Lipinski definition) is 1. The maximum absolute atomic E-state index is 10.8. The SMILES string of the molecule is CCOC(C#CC(O)C[C@H]1OCCC[C@@H]1O[Si](c1ccccc1)(c1ccccc1)C(C)(C)C)OCC. The smallest absolute Gasteiger partial charge is 0.261 e. The van der Waals surface area contributed by atoms with Crippen LogP contribution in [0.25, 0.3) is 0 Å². The monoisotopic (exact) mass is 510 g/mol. The molecule has 0 radical (unpaired) electrons. The van der Waals surface area contributed by atoms with E-state index in [1.807, 2.05) is 13.8 Å². The van der Waals surface area contributed by atoms with E-state index in [0.717, 1.165) is 12.8 Å². The number of hydrogen-bond acceptors (Lipinski definition) is 5. The molecule has 2 aromatic rings. The van der Waals surface area contributed by atoms with Crippen molar-refractivity contribution in [3.63, 3.8) is 0 Å². The molecule has 36 heavy (non-hydrogen) atoms. The van der Waals surface area contributed by atoms with E-state index < -0.39 is 20.7 Å². The first-order valence-corrected chi connectivity index (χ1v) is 15.1. The molecule has 1 N–H and O–H groups in total. The topological polar surface area (TPSA) is 57.2 Å². The minimum Gasteiger partial charge on any atom is -0.402 e. The molecule has 0 aliphatic carbocycles. The van der Waals surface area contributed by atoms with Gasteiger partial charge in [0.05, 0.1) is 12.2 Å². The van der Waals surface area contributed by atoms with Crippen LogP contribution in [0.2, 0.25) is 5.04 Å². The van der Waals surface area contributed by atoms with E-state index in [0.29, 0.717) is 26.2 Å². The summed E-state index contributed by atoms with van der Waals surface area (Å²) in [5.74, 6) is 5.83. The Kier molecular flexibility index (Phi) is 10.7. The first kappa shape index (κ1) is 28.6. The normalized spacial score (nSPS) is 19.5. The lowest BCUT2D eigenvalue weighted by molar-refractivity contribution is -0.0974. The Bertz CT molecular complexity index is 918. The predicted molar refractivity (Wildman–Crippen MR) is 147 cm³/mol. The van der Waals surface area contributed by atoms with Crippen LogP contribution < -0.4 is 10.4 Å². The van der Waals surface area contributed by atoms with Crippen LogP contribution in [0.5, 0.6) is 0 Å². The lowest BCUT2D eigenvalue weighted by Gasteiger charge is -2.47. The summed E-state index contributed by atoms with van der Waals surface area (Å²) in [6, 6.07) is 21.3. The first-order chi connectivity index (χ1) is 17.3. The third-order valence-corrected chi connectivity index (χ3v) is 11.6. The van der Waals surface area contributed by atoms with Gasteiger partial charge >= 0.3 is 0 Å². The molecule has 3 rings (SSSR count). The molecule has 196 valence electrons. The molecule has 1 saturated heterocycles. The van der Waals surface area contributed by atoms with Gasteiger partial charge in [-0.05, 0) is 48.0 Å². The van der Waals surface area contributed by atoms with Crippen molar-refractivity contribution in [2.45, 2.75) is 83.5 Å². The highest BCUT2D eigenvalue weighted by atomic mass is 28.4. The zero-order valence-corrected chi connectivity index (χ0v) is 23.4. The fraction of sp³-hybridized carbons (Fsp3) is 0.533. The summed E-state index contributed by atoms with van der Waals surface area (Å²) in [5, 5.41) is 13.1. The summed E-state index contributed by atoms with van der Waals surface area (Å²) < 4.78 is 24.5. The summed E-state index contributed by atoms with van der Waals surface area (Å²) in [4.78, 5) is 0. The molecule has 0 bridgehead atoms. The maximum Gasteiger partial charge on any atom is 0.261 e. The van der Waals surface area contributed by atoms with Crippen molar-refractivity contribution in [1.29, 1.82) is 0 Å². The number of ether oxygens (including phenoxy) is 3. The van der Waals surface area contributed by atoms with Crippen LogP contribution in [0.15, 0.2) is 60.7 Å².